The van der Waals surface area contributed by atoms with Crippen molar-refractivity contribution in [1.82, 2.24) is 0 Å². The SMILES string of the molecule is COCC(=O)Nc1c(Br)c(C(=O)O)c(Br)c(C(=O)O)c1Br. The zero-order valence-electron chi connectivity index (χ0n) is 10.4. The van der Waals surface area contributed by atoms with E-state index in [4.69, 9.17) is 0 Å². The largest absolute Gasteiger partial charge is 0.478 e. The van der Waals surface area contributed by atoms with Gasteiger partial charge < -0.3 is 20.3 Å². The molecule has 21 heavy (non-hydrogen) atoms. The molecule has 0 atom stereocenters. The predicted octanol–water partition coefficient (Wildman–Crippen LogP) is 2.96. The Bertz CT molecular complexity index is 590. The maximum absolute atomic E-state index is 11.6. The van der Waals surface area contributed by atoms with E-state index >= 15 is 0 Å². The Balaban J connectivity index is 3.60. The van der Waals surface area contributed by atoms with Crippen molar-refractivity contribution in [2.24, 2.45) is 0 Å². The van der Waals surface area contributed by atoms with Gasteiger partial charge in [0.1, 0.15) is 6.61 Å². The molecule has 0 aliphatic carbocycles. The fourth-order valence-corrected chi connectivity index (χ4v) is 4.32. The van der Waals surface area contributed by atoms with E-state index in [2.05, 4.69) is 57.8 Å². The number of hydrogen-bond donors (Lipinski definition) is 3. The fourth-order valence-electron chi connectivity index (χ4n) is 1.46. The lowest BCUT2D eigenvalue weighted by Gasteiger charge is -2.16. The highest BCUT2D eigenvalue weighted by molar-refractivity contribution is 9.11. The van der Waals surface area contributed by atoms with Gasteiger partial charge in [0, 0.05) is 11.6 Å². The van der Waals surface area contributed by atoms with E-state index in [0.717, 1.165) is 0 Å². The molecule has 0 unspecified atom stereocenters. The van der Waals surface area contributed by atoms with Crippen molar-refractivity contribution in [2.45, 2.75) is 0 Å². The van der Waals surface area contributed by atoms with Crippen LogP contribution in [0.25, 0.3) is 0 Å². The number of halogens is 3. The second kappa shape index (κ2) is 7.34. The van der Waals surface area contributed by atoms with Crippen LogP contribution in [0.4, 0.5) is 5.69 Å². The van der Waals surface area contributed by atoms with Gasteiger partial charge in [-0.25, -0.2) is 9.59 Å². The van der Waals surface area contributed by atoms with Crippen LogP contribution in [0.15, 0.2) is 13.4 Å². The van der Waals surface area contributed by atoms with Gasteiger partial charge in [0.25, 0.3) is 0 Å². The van der Waals surface area contributed by atoms with Crippen LogP contribution < -0.4 is 5.32 Å². The van der Waals surface area contributed by atoms with E-state index in [9.17, 15) is 24.6 Å². The lowest BCUT2D eigenvalue weighted by molar-refractivity contribution is -0.119. The van der Waals surface area contributed by atoms with Crippen molar-refractivity contribution in [3.63, 3.8) is 0 Å². The average molecular weight is 490 g/mol. The molecule has 7 nitrogen and oxygen atoms in total. The molecule has 0 bridgehead atoms. The number of anilines is 1. The predicted molar refractivity (Wildman–Crippen MR) is 84.0 cm³/mol. The Hall–Kier alpha value is -0.970. The second-order valence-electron chi connectivity index (χ2n) is 3.66. The summed E-state index contributed by atoms with van der Waals surface area (Å²) >= 11 is 9.07. The number of carbonyl (C=O) groups excluding carboxylic acids is 1. The van der Waals surface area contributed by atoms with Gasteiger partial charge in [0.15, 0.2) is 0 Å². The topological polar surface area (TPSA) is 113 Å². The third-order valence-corrected chi connectivity index (χ3v) is 4.66. The highest BCUT2D eigenvalue weighted by Crippen LogP contribution is 2.42. The summed E-state index contributed by atoms with van der Waals surface area (Å²) in [6, 6.07) is 0. The number of benzene rings is 1. The molecule has 3 N–H and O–H groups in total. The van der Waals surface area contributed by atoms with Crippen LogP contribution in [0, 0.1) is 0 Å². The molecule has 10 heteroatoms. The molecule has 0 saturated carbocycles. The Morgan fingerprint density at radius 2 is 1.43 bits per heavy atom. The Labute approximate surface area is 144 Å². The summed E-state index contributed by atoms with van der Waals surface area (Å²) in [5.74, 6) is -3.27. The van der Waals surface area contributed by atoms with Crippen molar-refractivity contribution in [2.75, 3.05) is 19.0 Å². The van der Waals surface area contributed by atoms with Crippen LogP contribution >= 0.6 is 47.8 Å². The first kappa shape index (κ1) is 18.1. The lowest BCUT2D eigenvalue weighted by atomic mass is 10.1. The summed E-state index contributed by atoms with van der Waals surface area (Å²) < 4.78 is 4.59. The van der Waals surface area contributed by atoms with Gasteiger partial charge in [0.2, 0.25) is 5.91 Å². The fraction of sp³-hybridized carbons (Fsp3) is 0.182. The van der Waals surface area contributed by atoms with Gasteiger partial charge in [0.05, 0.1) is 25.8 Å². The maximum Gasteiger partial charge on any atom is 0.338 e. The highest BCUT2D eigenvalue weighted by atomic mass is 79.9. The maximum atomic E-state index is 11.6. The van der Waals surface area contributed by atoms with E-state index in [-0.39, 0.29) is 36.8 Å². The molecular weight excluding hydrogens is 482 g/mol. The molecule has 1 aromatic carbocycles. The molecule has 0 aliphatic heterocycles. The van der Waals surface area contributed by atoms with E-state index in [1.165, 1.54) is 7.11 Å². The molecular formula is C11H8Br3NO6. The van der Waals surface area contributed by atoms with Crippen molar-refractivity contribution in [1.29, 1.82) is 0 Å². The van der Waals surface area contributed by atoms with Gasteiger partial charge in [-0.05, 0) is 47.8 Å². The van der Waals surface area contributed by atoms with Crippen molar-refractivity contribution >= 4 is 71.3 Å². The van der Waals surface area contributed by atoms with Crippen molar-refractivity contribution in [3.05, 3.63) is 24.5 Å². The zero-order valence-corrected chi connectivity index (χ0v) is 15.1. The third-order valence-electron chi connectivity index (χ3n) is 2.28. The van der Waals surface area contributed by atoms with Gasteiger partial charge in [-0.3, -0.25) is 4.79 Å². The molecule has 0 saturated heterocycles. The molecule has 114 valence electrons. The van der Waals surface area contributed by atoms with Crippen LogP contribution in [0.3, 0.4) is 0 Å². The third kappa shape index (κ3) is 3.82. The van der Waals surface area contributed by atoms with E-state index in [0.29, 0.717) is 0 Å². The minimum absolute atomic E-state index is 0.00458. The highest BCUT2D eigenvalue weighted by Gasteiger charge is 2.28. The van der Waals surface area contributed by atoms with E-state index < -0.39 is 17.8 Å². The van der Waals surface area contributed by atoms with Crippen LogP contribution in [-0.4, -0.2) is 41.8 Å². The van der Waals surface area contributed by atoms with Crippen LogP contribution in [0.2, 0.25) is 0 Å². The summed E-state index contributed by atoms with van der Waals surface area (Å²) in [5.41, 5.74) is -0.637. The minimum Gasteiger partial charge on any atom is -0.478 e. The quantitative estimate of drug-likeness (QED) is 0.586. The van der Waals surface area contributed by atoms with Gasteiger partial charge in [-0.2, -0.15) is 0 Å². The van der Waals surface area contributed by atoms with Gasteiger partial charge in [-0.1, -0.05) is 0 Å². The van der Waals surface area contributed by atoms with Crippen molar-refractivity contribution in [3.8, 4) is 0 Å². The molecule has 0 aliphatic rings. The first-order chi connectivity index (χ1) is 9.72. The summed E-state index contributed by atoms with van der Waals surface area (Å²) in [7, 11) is 1.32. The normalized spacial score (nSPS) is 10.3. The summed E-state index contributed by atoms with van der Waals surface area (Å²) in [5, 5.41) is 20.8. The van der Waals surface area contributed by atoms with Gasteiger partial charge in [-0.15, -0.1) is 0 Å². The first-order valence-corrected chi connectivity index (χ1v) is 7.56. The smallest absolute Gasteiger partial charge is 0.338 e. The molecule has 1 aromatic rings. The standard InChI is InChI=1S/C11H8Br3NO6/c1-21-2-3(16)15-9-7(13)4(10(17)18)6(12)5(8(9)14)11(19)20/h2H2,1H3,(H,15,16)(H,17,18)(H,19,20). The number of aromatic carboxylic acids is 2. The second-order valence-corrected chi connectivity index (χ2v) is 6.04. The number of carboxylic acid groups (broad SMARTS) is 2. The zero-order chi connectivity index (χ0) is 16.3. The number of carboxylic acids is 2. The van der Waals surface area contributed by atoms with Crippen LogP contribution in [-0.2, 0) is 9.53 Å². The molecule has 1 rings (SSSR count). The minimum atomic E-state index is -1.36. The number of carbonyl (C=O) groups is 3. The van der Waals surface area contributed by atoms with Crippen LogP contribution in [0.5, 0.6) is 0 Å². The molecule has 0 heterocycles. The average Bonchev–Trinajstić information content (AvgIpc) is 2.33. The molecule has 1 amide bonds. The number of hydrogen-bond acceptors (Lipinski definition) is 4. The van der Waals surface area contributed by atoms with E-state index in [1.54, 1.807) is 0 Å². The number of amides is 1. The number of ether oxygens (including phenoxy) is 1. The number of nitrogens with one attached hydrogen (secondary N) is 1. The first-order valence-electron chi connectivity index (χ1n) is 5.18. The Morgan fingerprint density at radius 1 is 1.00 bits per heavy atom. The van der Waals surface area contributed by atoms with Gasteiger partial charge >= 0.3 is 11.9 Å². The molecule has 0 radical (unpaired) electrons. The monoisotopic (exact) mass is 487 g/mol. The Morgan fingerprint density at radius 3 is 1.76 bits per heavy atom. The summed E-state index contributed by atoms with van der Waals surface area (Å²) in [6.07, 6.45) is 0. The lowest BCUT2D eigenvalue weighted by Crippen LogP contribution is -2.20. The Kier molecular flexibility index (Phi) is 6.32. The number of rotatable bonds is 5. The van der Waals surface area contributed by atoms with Crippen LogP contribution in [0.1, 0.15) is 20.7 Å². The summed E-state index contributed by atoms with van der Waals surface area (Å²) in [6.45, 7) is -0.264. The summed E-state index contributed by atoms with van der Waals surface area (Å²) in [4.78, 5) is 34.2. The molecule has 0 fully saturated rings. The molecule has 0 spiro atoms. The van der Waals surface area contributed by atoms with Crippen molar-refractivity contribution < 1.29 is 29.3 Å². The van der Waals surface area contributed by atoms with E-state index in [1.807, 2.05) is 0 Å². The number of methoxy groups -OCH3 is 1. The molecule has 0 aromatic heterocycles.